The normalized spacial score (nSPS) is 11.5. The minimum absolute atomic E-state index is 0.138. The molecule has 3 N–H and O–H groups in total. The van der Waals surface area contributed by atoms with Crippen LogP contribution in [0, 0.1) is 11.6 Å². The van der Waals surface area contributed by atoms with E-state index in [0.717, 1.165) is 18.2 Å². The van der Waals surface area contributed by atoms with Crippen LogP contribution in [0.5, 0.6) is 0 Å². The topological polar surface area (TPSA) is 38.0 Å². The zero-order valence-electron chi connectivity index (χ0n) is 10.2. The van der Waals surface area contributed by atoms with Gasteiger partial charge in [0.1, 0.15) is 5.69 Å². The Bertz CT molecular complexity index is 685. The maximum Gasteiger partial charge on any atom is 0.418 e. The van der Waals surface area contributed by atoms with Crippen LogP contribution in [-0.4, -0.2) is 0 Å². The Morgan fingerprint density at radius 3 is 2.33 bits per heavy atom. The lowest BCUT2D eigenvalue weighted by Gasteiger charge is -2.16. The highest BCUT2D eigenvalue weighted by Gasteiger charge is 2.34. The predicted octanol–water partition coefficient (Wildman–Crippen LogP) is 4.96. The number of anilines is 3. The van der Waals surface area contributed by atoms with Gasteiger partial charge in [0.15, 0.2) is 11.6 Å². The summed E-state index contributed by atoms with van der Waals surface area (Å²) in [6.07, 6.45) is -4.72. The molecule has 112 valence electrons. The summed E-state index contributed by atoms with van der Waals surface area (Å²) in [5.74, 6) is -2.59. The molecule has 0 aliphatic heterocycles. The van der Waals surface area contributed by atoms with E-state index in [-0.39, 0.29) is 10.7 Å². The molecule has 0 aliphatic rings. The van der Waals surface area contributed by atoms with Crippen LogP contribution in [-0.2, 0) is 6.18 Å². The quantitative estimate of drug-likeness (QED) is 0.605. The second-order valence-corrected chi connectivity index (χ2v) is 4.57. The van der Waals surface area contributed by atoms with Gasteiger partial charge in [0.2, 0.25) is 0 Å². The summed E-state index contributed by atoms with van der Waals surface area (Å²) >= 11 is 5.53. The number of halogens is 6. The number of nitrogens with two attached hydrogens (primary N) is 1. The molecule has 0 heterocycles. The van der Waals surface area contributed by atoms with Gasteiger partial charge in [-0.05, 0) is 30.3 Å². The first-order valence-corrected chi connectivity index (χ1v) is 5.95. The average molecular weight is 323 g/mol. The molecule has 8 heteroatoms. The third-order valence-electron chi connectivity index (χ3n) is 2.67. The monoisotopic (exact) mass is 322 g/mol. The van der Waals surface area contributed by atoms with Crippen molar-refractivity contribution in [1.29, 1.82) is 0 Å². The molecule has 0 atom stereocenters. The fourth-order valence-electron chi connectivity index (χ4n) is 1.69. The van der Waals surface area contributed by atoms with E-state index in [9.17, 15) is 22.0 Å². The molecule has 2 aromatic carbocycles. The van der Waals surface area contributed by atoms with Crippen LogP contribution in [0.4, 0.5) is 39.0 Å². The molecule has 0 unspecified atom stereocenters. The molecule has 0 aliphatic carbocycles. The Hall–Kier alpha value is -2.02. The molecule has 0 fully saturated rings. The third kappa shape index (κ3) is 3.18. The summed E-state index contributed by atoms with van der Waals surface area (Å²) < 4.78 is 65.5. The van der Waals surface area contributed by atoms with Crippen molar-refractivity contribution in [2.45, 2.75) is 6.18 Å². The Kier molecular flexibility index (Phi) is 3.95. The van der Waals surface area contributed by atoms with Gasteiger partial charge in [-0.2, -0.15) is 13.2 Å². The first-order chi connectivity index (χ1) is 9.70. The average Bonchev–Trinajstić information content (AvgIpc) is 2.39. The molecule has 2 rings (SSSR count). The summed E-state index contributed by atoms with van der Waals surface area (Å²) in [6.45, 7) is 0. The molecular formula is C13H8ClF5N2. The molecule has 0 spiro atoms. The molecular weight excluding hydrogens is 315 g/mol. The van der Waals surface area contributed by atoms with Gasteiger partial charge in [0.05, 0.1) is 16.9 Å². The fraction of sp³-hybridized carbons (Fsp3) is 0.0769. The van der Waals surface area contributed by atoms with Gasteiger partial charge in [0.25, 0.3) is 0 Å². The minimum atomic E-state index is -4.72. The number of alkyl halides is 3. The van der Waals surface area contributed by atoms with Crippen molar-refractivity contribution in [3.05, 3.63) is 52.6 Å². The zero-order chi connectivity index (χ0) is 15.8. The van der Waals surface area contributed by atoms with Crippen LogP contribution in [0.15, 0.2) is 30.3 Å². The standard InChI is InChI=1S/C13H8ClF5N2/c14-6-1-4-10(7(5-6)13(17,18)19)21-12-9(20)3-2-8(15)11(12)16/h1-5,21H,20H2. The van der Waals surface area contributed by atoms with Gasteiger partial charge in [-0.15, -0.1) is 0 Å². The maximum absolute atomic E-state index is 13.6. The molecule has 21 heavy (non-hydrogen) atoms. The lowest BCUT2D eigenvalue weighted by molar-refractivity contribution is -0.136. The van der Waals surface area contributed by atoms with E-state index in [2.05, 4.69) is 5.32 Å². The number of nitrogens with one attached hydrogen (secondary N) is 1. The number of rotatable bonds is 2. The van der Waals surface area contributed by atoms with Crippen molar-refractivity contribution < 1.29 is 22.0 Å². The Labute approximate surface area is 121 Å². The predicted molar refractivity (Wildman–Crippen MR) is 70.5 cm³/mol. The van der Waals surface area contributed by atoms with E-state index < -0.39 is 34.7 Å². The van der Waals surface area contributed by atoms with Crippen molar-refractivity contribution >= 4 is 28.7 Å². The van der Waals surface area contributed by atoms with E-state index >= 15 is 0 Å². The van der Waals surface area contributed by atoms with Crippen LogP contribution in [0.1, 0.15) is 5.56 Å². The molecule has 0 aromatic heterocycles. The molecule has 2 nitrogen and oxygen atoms in total. The highest BCUT2D eigenvalue weighted by Crippen LogP contribution is 2.39. The van der Waals surface area contributed by atoms with E-state index in [0.29, 0.717) is 6.07 Å². The van der Waals surface area contributed by atoms with Crippen molar-refractivity contribution in [3.63, 3.8) is 0 Å². The molecule has 0 radical (unpaired) electrons. The van der Waals surface area contributed by atoms with Gasteiger partial charge in [-0.25, -0.2) is 8.78 Å². The van der Waals surface area contributed by atoms with Crippen molar-refractivity contribution in [1.82, 2.24) is 0 Å². The Balaban J connectivity index is 2.53. The lowest BCUT2D eigenvalue weighted by Crippen LogP contribution is -2.10. The van der Waals surface area contributed by atoms with Crippen molar-refractivity contribution in [2.24, 2.45) is 0 Å². The van der Waals surface area contributed by atoms with Crippen LogP contribution >= 0.6 is 11.6 Å². The van der Waals surface area contributed by atoms with E-state index in [1.54, 1.807) is 0 Å². The first kappa shape index (κ1) is 15.4. The second kappa shape index (κ2) is 5.40. The van der Waals surface area contributed by atoms with Crippen LogP contribution < -0.4 is 11.1 Å². The molecule has 0 amide bonds. The fourth-order valence-corrected chi connectivity index (χ4v) is 1.86. The molecule has 0 saturated heterocycles. The minimum Gasteiger partial charge on any atom is -0.397 e. The first-order valence-electron chi connectivity index (χ1n) is 5.57. The summed E-state index contributed by atoms with van der Waals surface area (Å²) in [5, 5.41) is 2.03. The highest BCUT2D eigenvalue weighted by atomic mass is 35.5. The van der Waals surface area contributed by atoms with Gasteiger partial charge in [-0.1, -0.05) is 11.6 Å². The third-order valence-corrected chi connectivity index (χ3v) is 2.91. The zero-order valence-corrected chi connectivity index (χ0v) is 11.0. The number of hydrogen-bond acceptors (Lipinski definition) is 2. The number of hydrogen-bond donors (Lipinski definition) is 2. The summed E-state index contributed by atoms with van der Waals surface area (Å²) in [7, 11) is 0. The largest absolute Gasteiger partial charge is 0.418 e. The molecule has 2 aromatic rings. The van der Waals surface area contributed by atoms with Crippen LogP contribution in [0.3, 0.4) is 0 Å². The van der Waals surface area contributed by atoms with Gasteiger partial charge >= 0.3 is 6.18 Å². The lowest BCUT2D eigenvalue weighted by atomic mass is 10.1. The maximum atomic E-state index is 13.6. The molecule has 0 bridgehead atoms. The van der Waals surface area contributed by atoms with E-state index in [1.807, 2.05) is 0 Å². The van der Waals surface area contributed by atoms with Gasteiger partial charge in [-0.3, -0.25) is 0 Å². The second-order valence-electron chi connectivity index (χ2n) is 4.14. The Morgan fingerprint density at radius 1 is 1.05 bits per heavy atom. The smallest absolute Gasteiger partial charge is 0.397 e. The van der Waals surface area contributed by atoms with Gasteiger partial charge < -0.3 is 11.1 Å². The Morgan fingerprint density at radius 2 is 1.71 bits per heavy atom. The molecule has 0 saturated carbocycles. The summed E-state index contributed by atoms with van der Waals surface area (Å²) in [4.78, 5) is 0. The van der Waals surface area contributed by atoms with E-state index in [1.165, 1.54) is 6.07 Å². The summed E-state index contributed by atoms with van der Waals surface area (Å²) in [5.41, 5.74) is 3.06. The summed E-state index contributed by atoms with van der Waals surface area (Å²) in [6, 6.07) is 4.70. The van der Waals surface area contributed by atoms with Crippen LogP contribution in [0.2, 0.25) is 5.02 Å². The SMILES string of the molecule is Nc1ccc(F)c(F)c1Nc1ccc(Cl)cc1C(F)(F)F. The van der Waals surface area contributed by atoms with E-state index in [4.69, 9.17) is 17.3 Å². The van der Waals surface area contributed by atoms with Crippen molar-refractivity contribution in [3.8, 4) is 0 Å². The number of nitrogen functional groups attached to an aromatic ring is 1. The van der Waals surface area contributed by atoms with Crippen LogP contribution in [0.25, 0.3) is 0 Å². The number of benzene rings is 2. The van der Waals surface area contributed by atoms with Gasteiger partial charge in [0, 0.05) is 5.02 Å². The van der Waals surface area contributed by atoms with Crippen molar-refractivity contribution in [2.75, 3.05) is 11.1 Å². The highest BCUT2D eigenvalue weighted by molar-refractivity contribution is 6.30.